The van der Waals surface area contributed by atoms with Crippen molar-refractivity contribution in [2.45, 2.75) is 90.5 Å². The molecule has 1 aliphatic rings. The molecule has 2 N–H and O–H groups in total. The fourth-order valence-corrected chi connectivity index (χ4v) is 4.74. The molecule has 3 unspecified atom stereocenters. The van der Waals surface area contributed by atoms with Crippen molar-refractivity contribution in [1.82, 2.24) is 0 Å². The third-order valence-electron chi connectivity index (χ3n) is 6.11. The number of benzene rings is 1. The maximum absolute atomic E-state index is 7.00. The summed E-state index contributed by atoms with van der Waals surface area (Å²) >= 11 is 0. The number of unbranched alkanes of at least 4 members (excludes halogenated alkanes) is 4. The number of hydrogen-bond acceptors (Lipinski definition) is 1. The van der Waals surface area contributed by atoms with Gasteiger partial charge >= 0.3 is 0 Å². The highest BCUT2D eigenvalue weighted by molar-refractivity contribution is 5.40. The van der Waals surface area contributed by atoms with Gasteiger partial charge in [0.1, 0.15) is 0 Å². The number of hydrogen-bond donors (Lipinski definition) is 1. The molecule has 0 saturated carbocycles. The second kappa shape index (κ2) is 8.87. The van der Waals surface area contributed by atoms with Crippen LogP contribution in [0.3, 0.4) is 0 Å². The maximum atomic E-state index is 7.00. The predicted molar refractivity (Wildman–Crippen MR) is 102 cm³/mol. The van der Waals surface area contributed by atoms with Crippen LogP contribution in [0.1, 0.15) is 89.7 Å². The van der Waals surface area contributed by atoms with E-state index in [9.17, 15) is 0 Å². The normalized spacial score (nSPS) is 24.6. The summed E-state index contributed by atoms with van der Waals surface area (Å²) in [5, 5.41) is 0. The quantitative estimate of drug-likeness (QED) is 0.511. The zero-order chi connectivity index (χ0) is 16.7. The first-order chi connectivity index (χ1) is 11.2. The largest absolute Gasteiger partial charge is 0.321 e. The lowest BCUT2D eigenvalue weighted by Gasteiger charge is -2.37. The molecule has 0 saturated heterocycles. The molecule has 0 heterocycles. The Morgan fingerprint density at radius 2 is 1.74 bits per heavy atom. The minimum atomic E-state index is -0.0974. The Balaban J connectivity index is 2.06. The fraction of sp³-hybridized carbons (Fsp3) is 0.727. The van der Waals surface area contributed by atoms with Crippen molar-refractivity contribution in [2.24, 2.45) is 17.6 Å². The molecule has 0 radical (unpaired) electrons. The Kier molecular flexibility index (Phi) is 7.14. The Labute approximate surface area is 144 Å². The molecule has 3 atom stereocenters. The topological polar surface area (TPSA) is 26.0 Å². The highest BCUT2D eigenvalue weighted by Crippen LogP contribution is 2.47. The van der Waals surface area contributed by atoms with Crippen molar-refractivity contribution in [3.63, 3.8) is 0 Å². The summed E-state index contributed by atoms with van der Waals surface area (Å²) in [4.78, 5) is 0. The van der Waals surface area contributed by atoms with Gasteiger partial charge in [-0.25, -0.2) is 0 Å². The van der Waals surface area contributed by atoms with Crippen molar-refractivity contribution in [1.29, 1.82) is 0 Å². The van der Waals surface area contributed by atoms with Crippen molar-refractivity contribution >= 4 is 0 Å². The van der Waals surface area contributed by atoms with E-state index >= 15 is 0 Å². The van der Waals surface area contributed by atoms with Gasteiger partial charge in [0.2, 0.25) is 0 Å². The van der Waals surface area contributed by atoms with Crippen LogP contribution in [0.15, 0.2) is 24.3 Å². The summed E-state index contributed by atoms with van der Waals surface area (Å²) in [5.41, 5.74) is 9.84. The summed E-state index contributed by atoms with van der Waals surface area (Å²) in [6, 6.07) is 8.93. The van der Waals surface area contributed by atoms with Crippen LogP contribution in [-0.4, -0.2) is 0 Å². The van der Waals surface area contributed by atoms with Crippen LogP contribution in [0.2, 0.25) is 0 Å². The molecule has 0 aromatic heterocycles. The molecule has 0 fully saturated rings. The van der Waals surface area contributed by atoms with Crippen molar-refractivity contribution in [3.05, 3.63) is 35.4 Å². The summed E-state index contributed by atoms with van der Waals surface area (Å²) in [6.07, 6.45) is 13.2. The Bertz CT molecular complexity index is 467. The molecule has 1 aliphatic carbocycles. The van der Waals surface area contributed by atoms with Crippen LogP contribution in [0.5, 0.6) is 0 Å². The van der Waals surface area contributed by atoms with Gasteiger partial charge in [0.05, 0.1) is 0 Å². The predicted octanol–water partition coefficient (Wildman–Crippen LogP) is 6.20. The zero-order valence-corrected chi connectivity index (χ0v) is 15.6. The maximum Gasteiger partial charge on any atom is 0.0444 e. The average Bonchev–Trinajstić information content (AvgIpc) is 2.88. The highest BCUT2D eigenvalue weighted by Gasteiger charge is 2.45. The number of fused-ring (bicyclic) bond motifs is 1. The molecular formula is C22H37N. The standard InChI is InChI=1S/C22H37N/c1-4-7-8-9-10-14-18(13-5-2)21-17-19-15-11-12-16-20(19)22(21,23)6-3/h11-12,15-16,18,21H,4-10,13-14,17,23H2,1-3H3. The molecule has 1 heteroatoms. The van der Waals surface area contributed by atoms with Gasteiger partial charge in [-0.2, -0.15) is 0 Å². The monoisotopic (exact) mass is 315 g/mol. The van der Waals surface area contributed by atoms with Crippen molar-refractivity contribution < 1.29 is 0 Å². The lowest BCUT2D eigenvalue weighted by atomic mass is 9.72. The first kappa shape index (κ1) is 18.5. The molecule has 0 spiro atoms. The first-order valence-corrected chi connectivity index (χ1v) is 10.0. The molecule has 0 bridgehead atoms. The van der Waals surface area contributed by atoms with E-state index in [1.165, 1.54) is 68.9 Å². The molecule has 1 aromatic carbocycles. The SMILES string of the molecule is CCCCCCCC(CCC)C1Cc2ccccc2C1(N)CC. The van der Waals surface area contributed by atoms with E-state index in [0.29, 0.717) is 5.92 Å². The van der Waals surface area contributed by atoms with Gasteiger partial charge in [-0.1, -0.05) is 96.4 Å². The Hall–Kier alpha value is -0.820. The molecule has 0 amide bonds. The van der Waals surface area contributed by atoms with E-state index in [4.69, 9.17) is 5.73 Å². The van der Waals surface area contributed by atoms with Gasteiger partial charge in [0, 0.05) is 5.54 Å². The van der Waals surface area contributed by atoms with Gasteiger partial charge < -0.3 is 5.73 Å². The first-order valence-electron chi connectivity index (χ1n) is 10.0. The summed E-state index contributed by atoms with van der Waals surface area (Å²) < 4.78 is 0. The minimum Gasteiger partial charge on any atom is -0.321 e. The van der Waals surface area contributed by atoms with Crippen LogP contribution in [0.25, 0.3) is 0 Å². The van der Waals surface area contributed by atoms with E-state index in [0.717, 1.165) is 12.3 Å². The van der Waals surface area contributed by atoms with Gasteiger partial charge in [0.25, 0.3) is 0 Å². The summed E-state index contributed by atoms with van der Waals surface area (Å²) in [5.74, 6) is 1.43. The van der Waals surface area contributed by atoms with Crippen molar-refractivity contribution in [2.75, 3.05) is 0 Å². The van der Waals surface area contributed by atoms with E-state index in [1.807, 2.05) is 0 Å². The van der Waals surface area contributed by atoms with E-state index in [1.54, 1.807) is 0 Å². The molecule has 2 rings (SSSR count). The lowest BCUT2D eigenvalue weighted by molar-refractivity contribution is 0.176. The molecule has 1 nitrogen and oxygen atoms in total. The van der Waals surface area contributed by atoms with Crippen LogP contribution in [-0.2, 0) is 12.0 Å². The molecule has 1 aromatic rings. The van der Waals surface area contributed by atoms with Crippen LogP contribution < -0.4 is 5.73 Å². The van der Waals surface area contributed by atoms with E-state index in [-0.39, 0.29) is 5.54 Å². The number of nitrogens with two attached hydrogens (primary N) is 1. The van der Waals surface area contributed by atoms with Crippen LogP contribution in [0, 0.1) is 11.8 Å². The van der Waals surface area contributed by atoms with Gasteiger partial charge in [0.15, 0.2) is 0 Å². The molecule has 0 aliphatic heterocycles. The Morgan fingerprint density at radius 3 is 2.43 bits per heavy atom. The third kappa shape index (κ3) is 4.18. The molecule has 23 heavy (non-hydrogen) atoms. The second-order valence-electron chi connectivity index (χ2n) is 7.61. The van der Waals surface area contributed by atoms with Crippen LogP contribution >= 0.6 is 0 Å². The summed E-state index contributed by atoms with van der Waals surface area (Å²) in [6.45, 7) is 6.90. The molecular weight excluding hydrogens is 278 g/mol. The molecule has 130 valence electrons. The Morgan fingerprint density at radius 1 is 1.00 bits per heavy atom. The highest BCUT2D eigenvalue weighted by atomic mass is 14.8. The zero-order valence-electron chi connectivity index (χ0n) is 15.6. The summed E-state index contributed by atoms with van der Waals surface area (Å²) in [7, 11) is 0. The fourth-order valence-electron chi connectivity index (χ4n) is 4.74. The van der Waals surface area contributed by atoms with Gasteiger partial charge in [-0.3, -0.25) is 0 Å². The van der Waals surface area contributed by atoms with Gasteiger partial charge in [-0.15, -0.1) is 0 Å². The smallest absolute Gasteiger partial charge is 0.0444 e. The lowest BCUT2D eigenvalue weighted by Crippen LogP contribution is -2.44. The van der Waals surface area contributed by atoms with Crippen LogP contribution in [0.4, 0.5) is 0 Å². The van der Waals surface area contributed by atoms with Crippen molar-refractivity contribution in [3.8, 4) is 0 Å². The minimum absolute atomic E-state index is 0.0974. The average molecular weight is 316 g/mol. The third-order valence-corrected chi connectivity index (χ3v) is 6.11. The van der Waals surface area contributed by atoms with E-state index in [2.05, 4.69) is 45.0 Å². The second-order valence-corrected chi connectivity index (χ2v) is 7.61. The number of rotatable bonds is 10. The van der Waals surface area contributed by atoms with Gasteiger partial charge in [-0.05, 0) is 35.8 Å². The van der Waals surface area contributed by atoms with E-state index < -0.39 is 0 Å².